The van der Waals surface area contributed by atoms with E-state index < -0.39 is 0 Å². The molecule has 0 saturated carbocycles. The van der Waals surface area contributed by atoms with Gasteiger partial charge in [-0.25, -0.2) is 0 Å². The first kappa shape index (κ1) is 16.6. The Kier molecular flexibility index (Phi) is 13.3. The van der Waals surface area contributed by atoms with Gasteiger partial charge in [-0.2, -0.15) is 0 Å². The van der Waals surface area contributed by atoms with Crippen molar-refractivity contribution < 1.29 is 0 Å². The zero-order valence-electron chi connectivity index (χ0n) is 12.4. The fraction of sp³-hybridized carbons (Fsp3) is 0.882. The highest BCUT2D eigenvalue weighted by molar-refractivity contribution is 4.98. The Morgan fingerprint density at radius 3 is 1.94 bits per heavy atom. The summed E-state index contributed by atoms with van der Waals surface area (Å²) in [6.07, 6.45) is 14.9. The molecular formula is C17H32. The van der Waals surface area contributed by atoms with E-state index in [9.17, 15) is 0 Å². The van der Waals surface area contributed by atoms with E-state index in [1.54, 1.807) is 0 Å². The normalized spacial score (nSPS) is 11.9. The summed E-state index contributed by atoms with van der Waals surface area (Å²) in [7, 11) is 0. The zero-order chi connectivity index (χ0) is 12.8. The average Bonchev–Trinajstić information content (AvgIpc) is 2.33. The molecule has 0 aromatic rings. The summed E-state index contributed by atoms with van der Waals surface area (Å²) >= 11 is 0. The maximum atomic E-state index is 3.26. The van der Waals surface area contributed by atoms with Crippen LogP contribution in [0.2, 0.25) is 0 Å². The molecule has 0 fully saturated rings. The van der Waals surface area contributed by atoms with Crippen LogP contribution in [0.25, 0.3) is 0 Å². The lowest BCUT2D eigenvalue weighted by Gasteiger charge is -2.07. The first-order chi connectivity index (χ1) is 8.31. The van der Waals surface area contributed by atoms with E-state index in [-0.39, 0.29) is 0 Å². The van der Waals surface area contributed by atoms with Gasteiger partial charge in [0.1, 0.15) is 0 Å². The van der Waals surface area contributed by atoms with Crippen molar-refractivity contribution in [3.63, 3.8) is 0 Å². The van der Waals surface area contributed by atoms with Crippen LogP contribution < -0.4 is 0 Å². The summed E-state index contributed by atoms with van der Waals surface area (Å²) in [6.45, 7) is 6.74. The van der Waals surface area contributed by atoms with Gasteiger partial charge in [0.05, 0.1) is 0 Å². The third-order valence-electron chi connectivity index (χ3n) is 3.30. The lowest BCUT2D eigenvalue weighted by atomic mass is 9.99. The van der Waals surface area contributed by atoms with E-state index in [0.29, 0.717) is 0 Å². The molecule has 0 heterocycles. The summed E-state index contributed by atoms with van der Waals surface area (Å²) < 4.78 is 0. The smallest absolute Gasteiger partial charge is 0.0114 e. The highest BCUT2D eigenvalue weighted by Crippen LogP contribution is 2.14. The lowest BCUT2D eigenvalue weighted by molar-refractivity contribution is 0.488. The molecule has 0 nitrogen and oxygen atoms in total. The standard InChI is InChI=1S/C17H32/c1-4-6-8-9-10-11-12-14-16-17(3)15-13-7-5-2/h17H,4-6,8-12,14-16H2,1-3H3. The Balaban J connectivity index is 3.16. The van der Waals surface area contributed by atoms with Gasteiger partial charge in [-0.15, -0.1) is 11.8 Å². The summed E-state index contributed by atoms with van der Waals surface area (Å²) in [6, 6.07) is 0. The van der Waals surface area contributed by atoms with Crippen molar-refractivity contribution in [2.45, 2.75) is 91.4 Å². The van der Waals surface area contributed by atoms with E-state index in [4.69, 9.17) is 0 Å². The molecule has 0 rings (SSSR count). The Morgan fingerprint density at radius 1 is 0.765 bits per heavy atom. The second-order valence-corrected chi connectivity index (χ2v) is 5.28. The zero-order valence-corrected chi connectivity index (χ0v) is 12.4. The predicted octanol–water partition coefficient (Wildman–Crippen LogP) is 5.96. The van der Waals surface area contributed by atoms with Gasteiger partial charge in [-0.05, 0) is 12.3 Å². The van der Waals surface area contributed by atoms with Gasteiger partial charge < -0.3 is 0 Å². The molecule has 0 heteroatoms. The Morgan fingerprint density at radius 2 is 1.35 bits per heavy atom. The van der Waals surface area contributed by atoms with Gasteiger partial charge in [-0.3, -0.25) is 0 Å². The van der Waals surface area contributed by atoms with Gasteiger partial charge in [0.25, 0.3) is 0 Å². The Bertz CT molecular complexity index is 194. The molecule has 0 amide bonds. The molecular weight excluding hydrogens is 204 g/mol. The first-order valence-corrected chi connectivity index (χ1v) is 7.77. The minimum atomic E-state index is 0.800. The monoisotopic (exact) mass is 236 g/mol. The molecule has 1 atom stereocenters. The molecule has 0 aromatic heterocycles. The van der Waals surface area contributed by atoms with E-state index in [1.165, 1.54) is 57.8 Å². The van der Waals surface area contributed by atoms with E-state index >= 15 is 0 Å². The Hall–Kier alpha value is -0.440. The molecule has 0 aliphatic rings. The van der Waals surface area contributed by atoms with Crippen LogP contribution in [0.3, 0.4) is 0 Å². The highest BCUT2D eigenvalue weighted by Gasteiger charge is 1.99. The van der Waals surface area contributed by atoms with E-state index in [0.717, 1.165) is 18.8 Å². The quantitative estimate of drug-likeness (QED) is 0.324. The molecule has 1 unspecified atom stereocenters. The molecule has 0 aromatic carbocycles. The van der Waals surface area contributed by atoms with Crippen LogP contribution in [0.15, 0.2) is 0 Å². The molecule has 0 aliphatic heterocycles. The van der Waals surface area contributed by atoms with Crippen molar-refractivity contribution in [1.82, 2.24) is 0 Å². The number of unbranched alkanes of at least 4 members (excludes halogenated alkanes) is 7. The van der Waals surface area contributed by atoms with Gasteiger partial charge in [0.15, 0.2) is 0 Å². The largest absolute Gasteiger partial charge is 0.104 e. The topological polar surface area (TPSA) is 0 Å². The van der Waals surface area contributed by atoms with Crippen molar-refractivity contribution in [2.75, 3.05) is 0 Å². The number of hydrogen-bond donors (Lipinski definition) is 0. The van der Waals surface area contributed by atoms with Crippen molar-refractivity contribution in [1.29, 1.82) is 0 Å². The van der Waals surface area contributed by atoms with Crippen LogP contribution in [0.5, 0.6) is 0 Å². The van der Waals surface area contributed by atoms with Crippen LogP contribution in [-0.2, 0) is 0 Å². The minimum Gasteiger partial charge on any atom is -0.104 e. The molecule has 0 bridgehead atoms. The molecule has 0 saturated heterocycles. The van der Waals surface area contributed by atoms with Crippen LogP contribution in [0.1, 0.15) is 91.4 Å². The fourth-order valence-electron chi connectivity index (χ4n) is 2.10. The van der Waals surface area contributed by atoms with Crippen LogP contribution >= 0.6 is 0 Å². The second kappa shape index (κ2) is 13.6. The van der Waals surface area contributed by atoms with Crippen molar-refractivity contribution >= 4 is 0 Å². The predicted molar refractivity (Wildman–Crippen MR) is 79.1 cm³/mol. The molecule has 0 aliphatic carbocycles. The summed E-state index contributed by atoms with van der Waals surface area (Å²) in [5, 5.41) is 0. The maximum Gasteiger partial charge on any atom is 0.0114 e. The Labute approximate surface area is 110 Å². The summed E-state index contributed by atoms with van der Waals surface area (Å²) in [5.74, 6) is 7.22. The van der Waals surface area contributed by atoms with Crippen molar-refractivity contribution in [3.05, 3.63) is 0 Å². The van der Waals surface area contributed by atoms with Crippen LogP contribution in [-0.4, -0.2) is 0 Å². The van der Waals surface area contributed by atoms with Crippen molar-refractivity contribution in [2.24, 2.45) is 5.92 Å². The summed E-state index contributed by atoms with van der Waals surface area (Å²) in [4.78, 5) is 0. The van der Waals surface area contributed by atoms with Crippen molar-refractivity contribution in [3.8, 4) is 11.8 Å². The fourth-order valence-corrected chi connectivity index (χ4v) is 2.10. The average molecular weight is 236 g/mol. The first-order valence-electron chi connectivity index (χ1n) is 7.77. The third kappa shape index (κ3) is 13.5. The van der Waals surface area contributed by atoms with Gasteiger partial charge >= 0.3 is 0 Å². The van der Waals surface area contributed by atoms with Gasteiger partial charge in [-0.1, -0.05) is 72.1 Å². The van der Waals surface area contributed by atoms with E-state index in [1.807, 2.05) is 0 Å². The molecule has 0 radical (unpaired) electrons. The lowest BCUT2D eigenvalue weighted by Crippen LogP contribution is -1.93. The molecule has 100 valence electrons. The second-order valence-electron chi connectivity index (χ2n) is 5.28. The number of hydrogen-bond acceptors (Lipinski definition) is 0. The van der Waals surface area contributed by atoms with Gasteiger partial charge in [0, 0.05) is 12.8 Å². The van der Waals surface area contributed by atoms with Crippen LogP contribution in [0, 0.1) is 17.8 Å². The molecule has 0 spiro atoms. The number of rotatable bonds is 10. The molecule has 17 heavy (non-hydrogen) atoms. The third-order valence-corrected chi connectivity index (χ3v) is 3.30. The van der Waals surface area contributed by atoms with E-state index in [2.05, 4.69) is 32.6 Å². The van der Waals surface area contributed by atoms with Crippen LogP contribution in [0.4, 0.5) is 0 Å². The molecule has 0 N–H and O–H groups in total. The minimum absolute atomic E-state index is 0.800. The SMILES string of the molecule is CCC#CCC(C)CCCCCCCCCC. The highest BCUT2D eigenvalue weighted by atomic mass is 14.0. The van der Waals surface area contributed by atoms with Gasteiger partial charge in [0.2, 0.25) is 0 Å². The summed E-state index contributed by atoms with van der Waals surface area (Å²) in [5.41, 5.74) is 0. The maximum absolute atomic E-state index is 3.26.